The van der Waals surface area contributed by atoms with Crippen LogP contribution in [-0.2, 0) is 4.79 Å². The topological polar surface area (TPSA) is 40.6 Å². The highest BCUT2D eigenvalue weighted by Gasteiger charge is 2.33. The molecule has 0 aromatic heterocycles. The smallest absolute Gasteiger partial charge is 0.253 e. The molecule has 5 heteroatoms. The Labute approximate surface area is 149 Å². The quantitative estimate of drug-likeness (QED) is 0.825. The van der Waals surface area contributed by atoms with E-state index in [1.54, 1.807) is 4.90 Å². The van der Waals surface area contributed by atoms with Gasteiger partial charge in [0.25, 0.3) is 5.91 Å². The maximum atomic E-state index is 13.0. The fourth-order valence-corrected chi connectivity index (χ4v) is 4.21. The van der Waals surface area contributed by atoms with Crippen LogP contribution in [0.1, 0.15) is 43.5 Å². The molecule has 25 heavy (non-hydrogen) atoms. The molecular weight excluding hydrogens is 319 g/mol. The number of amides is 2. The second-order valence-electron chi connectivity index (χ2n) is 7.76. The number of likely N-dealkylation sites (tertiary alicyclic amines) is 2. The summed E-state index contributed by atoms with van der Waals surface area (Å²) >= 11 is 0. The second-order valence-corrected chi connectivity index (χ2v) is 7.76. The molecule has 2 aliphatic rings. The summed E-state index contributed by atoms with van der Waals surface area (Å²) in [5, 5.41) is 0. The Kier molecular flexibility index (Phi) is 5.40. The van der Waals surface area contributed by atoms with Crippen LogP contribution < -0.4 is 0 Å². The van der Waals surface area contributed by atoms with E-state index in [2.05, 4.69) is 13.8 Å². The van der Waals surface area contributed by atoms with E-state index in [-0.39, 0.29) is 23.5 Å². The lowest BCUT2D eigenvalue weighted by atomic mass is 9.89. The summed E-state index contributed by atoms with van der Waals surface area (Å²) in [5.41, 5.74) is 0.504. The molecule has 0 bridgehead atoms. The van der Waals surface area contributed by atoms with Crippen molar-refractivity contribution in [3.05, 3.63) is 35.6 Å². The lowest BCUT2D eigenvalue weighted by Crippen LogP contribution is -2.48. The van der Waals surface area contributed by atoms with E-state index < -0.39 is 0 Å². The number of rotatable bonds is 2. The first-order valence-electron chi connectivity index (χ1n) is 9.27. The Bertz CT molecular complexity index is 613. The summed E-state index contributed by atoms with van der Waals surface area (Å²) in [6, 6.07) is 5.65. The molecule has 2 fully saturated rings. The third-order valence-electron chi connectivity index (χ3n) is 5.40. The number of carbonyl (C=O) groups is 2. The first kappa shape index (κ1) is 17.9. The van der Waals surface area contributed by atoms with Crippen LogP contribution in [0.25, 0.3) is 0 Å². The maximum Gasteiger partial charge on any atom is 0.253 e. The molecule has 4 nitrogen and oxygen atoms in total. The van der Waals surface area contributed by atoms with Crippen molar-refractivity contribution in [2.24, 2.45) is 17.8 Å². The Balaban J connectivity index is 1.55. The van der Waals surface area contributed by atoms with E-state index >= 15 is 0 Å². The molecule has 2 heterocycles. The van der Waals surface area contributed by atoms with Crippen LogP contribution in [-0.4, -0.2) is 47.8 Å². The van der Waals surface area contributed by atoms with Gasteiger partial charge in [0.1, 0.15) is 5.82 Å². The third-order valence-corrected chi connectivity index (χ3v) is 5.40. The van der Waals surface area contributed by atoms with E-state index in [9.17, 15) is 14.0 Å². The van der Waals surface area contributed by atoms with Gasteiger partial charge in [0.2, 0.25) is 5.91 Å². The van der Waals surface area contributed by atoms with Gasteiger partial charge in [-0.15, -0.1) is 0 Å². The molecule has 2 saturated heterocycles. The third kappa shape index (κ3) is 4.20. The number of hydrogen-bond donors (Lipinski definition) is 0. The zero-order valence-corrected chi connectivity index (χ0v) is 15.1. The molecule has 0 N–H and O–H groups in total. The van der Waals surface area contributed by atoms with Gasteiger partial charge in [0.15, 0.2) is 0 Å². The van der Waals surface area contributed by atoms with E-state index in [0.29, 0.717) is 43.3 Å². The fraction of sp³-hybridized carbons (Fsp3) is 0.600. The molecule has 2 aliphatic heterocycles. The summed E-state index contributed by atoms with van der Waals surface area (Å²) in [5.74, 6) is 0.986. The number of nitrogens with zero attached hydrogens (tertiary/aromatic N) is 2. The Morgan fingerprint density at radius 3 is 2.08 bits per heavy atom. The SMILES string of the molecule is CC1CC(C)CN(C(=O)C2CCN(C(=O)c3ccc(F)cc3)CC2)C1. The van der Waals surface area contributed by atoms with Crippen LogP contribution in [0.4, 0.5) is 4.39 Å². The molecule has 0 saturated carbocycles. The first-order valence-corrected chi connectivity index (χ1v) is 9.27. The summed E-state index contributed by atoms with van der Waals surface area (Å²) in [6.07, 6.45) is 2.62. The molecule has 1 aromatic carbocycles. The van der Waals surface area contributed by atoms with Crippen molar-refractivity contribution >= 4 is 11.8 Å². The number of hydrogen-bond acceptors (Lipinski definition) is 2. The monoisotopic (exact) mass is 346 g/mol. The van der Waals surface area contributed by atoms with Crippen molar-refractivity contribution in [2.45, 2.75) is 33.1 Å². The Hall–Kier alpha value is -1.91. The standard InChI is InChI=1S/C20H27FN2O2/c1-14-11-15(2)13-23(12-14)20(25)17-7-9-22(10-8-17)19(24)16-3-5-18(21)6-4-16/h3-6,14-15,17H,7-13H2,1-2H3. The van der Waals surface area contributed by atoms with Crippen LogP contribution in [0.15, 0.2) is 24.3 Å². The predicted octanol–water partition coefficient (Wildman–Crippen LogP) is 3.18. The molecule has 0 aliphatic carbocycles. The van der Waals surface area contributed by atoms with Crippen LogP contribution in [0.2, 0.25) is 0 Å². The number of benzene rings is 1. The van der Waals surface area contributed by atoms with E-state index in [4.69, 9.17) is 0 Å². The molecule has 2 atom stereocenters. The van der Waals surface area contributed by atoms with Crippen molar-refractivity contribution in [3.63, 3.8) is 0 Å². The van der Waals surface area contributed by atoms with Gasteiger partial charge in [-0.05, 0) is 55.4 Å². The minimum Gasteiger partial charge on any atom is -0.342 e. The van der Waals surface area contributed by atoms with E-state index in [0.717, 1.165) is 13.1 Å². The van der Waals surface area contributed by atoms with Gasteiger partial charge in [-0.2, -0.15) is 0 Å². The van der Waals surface area contributed by atoms with Crippen molar-refractivity contribution in [1.29, 1.82) is 0 Å². The highest BCUT2D eigenvalue weighted by atomic mass is 19.1. The summed E-state index contributed by atoms with van der Waals surface area (Å²) in [6.45, 7) is 7.31. The molecule has 0 spiro atoms. The largest absolute Gasteiger partial charge is 0.342 e. The van der Waals surface area contributed by atoms with Crippen molar-refractivity contribution < 1.29 is 14.0 Å². The van der Waals surface area contributed by atoms with Gasteiger partial charge in [0, 0.05) is 37.7 Å². The highest BCUT2D eigenvalue weighted by Crippen LogP contribution is 2.26. The minimum absolute atomic E-state index is 0.0229. The van der Waals surface area contributed by atoms with Crippen LogP contribution in [0.5, 0.6) is 0 Å². The lowest BCUT2D eigenvalue weighted by molar-refractivity contribution is -0.139. The normalized spacial score (nSPS) is 25.1. The van der Waals surface area contributed by atoms with Gasteiger partial charge < -0.3 is 9.80 Å². The zero-order chi connectivity index (χ0) is 18.0. The van der Waals surface area contributed by atoms with Crippen LogP contribution in [0, 0.1) is 23.6 Å². The van der Waals surface area contributed by atoms with Crippen molar-refractivity contribution in [3.8, 4) is 0 Å². The van der Waals surface area contributed by atoms with Gasteiger partial charge in [0.05, 0.1) is 0 Å². The summed E-state index contributed by atoms with van der Waals surface area (Å²) < 4.78 is 13.0. The highest BCUT2D eigenvalue weighted by molar-refractivity contribution is 5.94. The van der Waals surface area contributed by atoms with Gasteiger partial charge in [-0.3, -0.25) is 9.59 Å². The van der Waals surface area contributed by atoms with Crippen molar-refractivity contribution in [2.75, 3.05) is 26.2 Å². The molecule has 3 rings (SSSR count). The van der Waals surface area contributed by atoms with E-state index in [1.165, 1.54) is 30.7 Å². The van der Waals surface area contributed by atoms with Gasteiger partial charge in [-0.25, -0.2) is 4.39 Å². The molecule has 136 valence electrons. The Morgan fingerprint density at radius 1 is 0.960 bits per heavy atom. The lowest BCUT2D eigenvalue weighted by Gasteiger charge is -2.39. The molecule has 1 aromatic rings. The number of piperidine rings is 2. The average molecular weight is 346 g/mol. The average Bonchev–Trinajstić information content (AvgIpc) is 2.60. The predicted molar refractivity (Wildman–Crippen MR) is 94.6 cm³/mol. The minimum atomic E-state index is -0.342. The zero-order valence-electron chi connectivity index (χ0n) is 15.1. The first-order chi connectivity index (χ1) is 11.9. The van der Waals surface area contributed by atoms with Crippen LogP contribution >= 0.6 is 0 Å². The molecule has 2 unspecified atom stereocenters. The maximum absolute atomic E-state index is 13.0. The van der Waals surface area contributed by atoms with Gasteiger partial charge in [-0.1, -0.05) is 13.8 Å². The molecule has 0 radical (unpaired) electrons. The van der Waals surface area contributed by atoms with Crippen LogP contribution in [0.3, 0.4) is 0 Å². The second kappa shape index (κ2) is 7.54. The fourth-order valence-electron chi connectivity index (χ4n) is 4.21. The van der Waals surface area contributed by atoms with Gasteiger partial charge >= 0.3 is 0 Å². The summed E-state index contributed by atoms with van der Waals surface area (Å²) in [4.78, 5) is 29.1. The molecule has 2 amide bonds. The number of carbonyl (C=O) groups excluding carboxylic acids is 2. The Morgan fingerprint density at radius 2 is 1.52 bits per heavy atom. The summed E-state index contributed by atoms with van der Waals surface area (Å²) in [7, 11) is 0. The molecular formula is C20H27FN2O2. The van der Waals surface area contributed by atoms with E-state index in [1.807, 2.05) is 4.90 Å². The van der Waals surface area contributed by atoms with Crippen molar-refractivity contribution in [1.82, 2.24) is 9.80 Å². The number of halogens is 1.